The monoisotopic (exact) mass is 482 g/mol. The molecule has 0 aromatic heterocycles. The number of aliphatic hydroxyl groups is 1. The number of hydrogen-bond donors (Lipinski definition) is 4. The number of ether oxygens (including phenoxy) is 3. The highest BCUT2D eigenvalue weighted by molar-refractivity contribution is 5.93. The third-order valence-corrected chi connectivity index (χ3v) is 4.50. The van der Waals surface area contributed by atoms with Crippen LogP contribution in [0, 0.1) is 5.92 Å². The molecule has 4 N–H and O–H groups in total. The average molecular weight is 482 g/mol. The van der Waals surface area contributed by atoms with Crippen LogP contribution < -0.4 is 10.6 Å². The first-order chi connectivity index (χ1) is 16.1. The molecule has 0 saturated carbocycles. The summed E-state index contributed by atoms with van der Waals surface area (Å²) in [5, 5.41) is 23.8. The van der Waals surface area contributed by atoms with Crippen molar-refractivity contribution in [3.8, 4) is 0 Å². The van der Waals surface area contributed by atoms with E-state index in [4.69, 9.17) is 14.2 Å². The third-order valence-electron chi connectivity index (χ3n) is 4.50. The number of alkyl carbamates (subject to hydrolysis) is 1. The van der Waals surface area contributed by atoms with Crippen molar-refractivity contribution in [3.05, 3.63) is 35.9 Å². The second-order valence-corrected chi connectivity index (χ2v) is 7.12. The number of carboxylic acids is 1. The number of aliphatic carboxylic acids is 1. The van der Waals surface area contributed by atoms with Crippen molar-refractivity contribution in [2.24, 2.45) is 5.92 Å². The SMILES string of the molecule is CCOC(=O)C[C@H](C(=O)OCC)[C@@H](NC(=O)[C@@H](NC(=O)OCc1ccccc1)[C@@H](C)O)C(=O)O. The number of aliphatic hydroxyl groups excluding tert-OH is 1. The fourth-order valence-corrected chi connectivity index (χ4v) is 2.86. The molecule has 12 heteroatoms. The Hall–Kier alpha value is -3.67. The molecule has 12 nitrogen and oxygen atoms in total. The normalized spacial score (nSPS) is 14.0. The Morgan fingerprint density at radius 3 is 2.06 bits per heavy atom. The lowest BCUT2D eigenvalue weighted by atomic mass is 9.95. The van der Waals surface area contributed by atoms with Crippen molar-refractivity contribution in [1.29, 1.82) is 0 Å². The van der Waals surface area contributed by atoms with Crippen LogP contribution in [-0.4, -0.2) is 71.5 Å². The summed E-state index contributed by atoms with van der Waals surface area (Å²) in [7, 11) is 0. The number of benzene rings is 1. The Morgan fingerprint density at radius 1 is 0.912 bits per heavy atom. The van der Waals surface area contributed by atoms with Crippen LogP contribution >= 0.6 is 0 Å². The van der Waals surface area contributed by atoms with Crippen LogP contribution in [0.5, 0.6) is 0 Å². The van der Waals surface area contributed by atoms with Crippen molar-refractivity contribution in [2.75, 3.05) is 13.2 Å². The molecule has 1 aromatic rings. The summed E-state index contributed by atoms with van der Waals surface area (Å²) >= 11 is 0. The average Bonchev–Trinajstić information content (AvgIpc) is 2.78. The van der Waals surface area contributed by atoms with Gasteiger partial charge in [-0.1, -0.05) is 30.3 Å². The lowest BCUT2D eigenvalue weighted by Crippen LogP contribution is -2.58. The van der Waals surface area contributed by atoms with E-state index in [2.05, 4.69) is 10.6 Å². The van der Waals surface area contributed by atoms with E-state index < -0.39 is 60.4 Å². The van der Waals surface area contributed by atoms with Gasteiger partial charge in [-0.2, -0.15) is 0 Å². The maximum absolute atomic E-state index is 12.7. The van der Waals surface area contributed by atoms with Crippen LogP contribution in [0.2, 0.25) is 0 Å². The Balaban J connectivity index is 2.95. The van der Waals surface area contributed by atoms with E-state index in [1.807, 2.05) is 0 Å². The minimum Gasteiger partial charge on any atom is -0.480 e. The Labute approximate surface area is 196 Å². The molecular formula is C22H30N2O10. The van der Waals surface area contributed by atoms with E-state index in [1.165, 1.54) is 20.8 Å². The zero-order chi connectivity index (χ0) is 25.7. The number of nitrogens with one attached hydrogen (secondary N) is 2. The summed E-state index contributed by atoms with van der Waals surface area (Å²) in [5.41, 5.74) is 0.679. The van der Waals surface area contributed by atoms with Gasteiger partial charge in [0.05, 0.1) is 31.7 Å². The van der Waals surface area contributed by atoms with Gasteiger partial charge in [0.25, 0.3) is 0 Å². The van der Waals surface area contributed by atoms with Gasteiger partial charge in [-0.3, -0.25) is 14.4 Å². The summed E-state index contributed by atoms with van der Waals surface area (Å²) < 4.78 is 14.6. The molecule has 0 aliphatic heterocycles. The molecule has 0 aliphatic carbocycles. The molecule has 1 aromatic carbocycles. The lowest BCUT2D eigenvalue weighted by Gasteiger charge is -2.26. The molecular weight excluding hydrogens is 452 g/mol. The fraction of sp³-hybridized carbons (Fsp3) is 0.500. The maximum Gasteiger partial charge on any atom is 0.408 e. The third kappa shape index (κ3) is 9.45. The number of carboxylic acid groups (broad SMARTS) is 1. The van der Waals surface area contributed by atoms with Crippen molar-refractivity contribution >= 4 is 29.9 Å². The lowest BCUT2D eigenvalue weighted by molar-refractivity contribution is -0.160. The van der Waals surface area contributed by atoms with Gasteiger partial charge >= 0.3 is 24.0 Å². The first kappa shape index (κ1) is 28.4. The van der Waals surface area contributed by atoms with E-state index in [0.29, 0.717) is 5.56 Å². The van der Waals surface area contributed by atoms with Crippen LogP contribution in [0.4, 0.5) is 4.79 Å². The van der Waals surface area contributed by atoms with Gasteiger partial charge in [0.1, 0.15) is 18.7 Å². The van der Waals surface area contributed by atoms with Gasteiger partial charge in [-0.25, -0.2) is 9.59 Å². The van der Waals surface area contributed by atoms with Crippen molar-refractivity contribution in [2.45, 2.75) is 52.0 Å². The Bertz CT molecular complexity index is 843. The van der Waals surface area contributed by atoms with E-state index in [1.54, 1.807) is 30.3 Å². The predicted molar refractivity (Wildman–Crippen MR) is 116 cm³/mol. The molecule has 0 bridgehead atoms. The first-order valence-corrected chi connectivity index (χ1v) is 10.6. The number of carbonyl (C=O) groups is 5. The van der Waals surface area contributed by atoms with Crippen LogP contribution in [0.3, 0.4) is 0 Å². The molecule has 0 aliphatic rings. The summed E-state index contributed by atoms with van der Waals surface area (Å²) in [6.07, 6.45) is -3.16. The molecule has 0 saturated heterocycles. The van der Waals surface area contributed by atoms with Crippen LogP contribution in [0.1, 0.15) is 32.8 Å². The van der Waals surface area contributed by atoms with Gasteiger partial charge in [-0.15, -0.1) is 0 Å². The molecule has 2 amide bonds. The standard InChI is InChI=1S/C22H30N2O10/c1-4-32-16(26)11-15(21(30)33-5-2)18(20(28)29)23-19(27)17(13(3)25)24-22(31)34-12-14-9-7-6-8-10-14/h6-10,13,15,17-18,25H,4-5,11-12H2,1-3H3,(H,23,27)(H,24,31)(H,28,29)/t13-,15+,17+,18-/m1/s1. The smallest absolute Gasteiger partial charge is 0.408 e. The topological polar surface area (TPSA) is 178 Å². The van der Waals surface area contributed by atoms with E-state index in [9.17, 15) is 34.2 Å². The Kier molecular flexibility index (Phi) is 12.1. The van der Waals surface area contributed by atoms with E-state index >= 15 is 0 Å². The largest absolute Gasteiger partial charge is 0.480 e. The van der Waals surface area contributed by atoms with Crippen LogP contribution in [0.15, 0.2) is 30.3 Å². The molecule has 188 valence electrons. The van der Waals surface area contributed by atoms with Gasteiger partial charge in [0, 0.05) is 0 Å². The zero-order valence-electron chi connectivity index (χ0n) is 19.2. The maximum atomic E-state index is 12.7. The van der Waals surface area contributed by atoms with Gasteiger partial charge in [-0.05, 0) is 26.3 Å². The van der Waals surface area contributed by atoms with Gasteiger partial charge < -0.3 is 35.1 Å². The number of hydrogen-bond acceptors (Lipinski definition) is 9. The minimum atomic E-state index is -1.90. The van der Waals surface area contributed by atoms with Gasteiger partial charge in [0.15, 0.2) is 0 Å². The molecule has 4 atom stereocenters. The second kappa shape index (κ2) is 14.5. The number of esters is 2. The van der Waals surface area contributed by atoms with Crippen LogP contribution in [0.25, 0.3) is 0 Å². The summed E-state index contributed by atoms with van der Waals surface area (Å²) in [5.74, 6) is -6.26. The molecule has 0 unspecified atom stereocenters. The first-order valence-electron chi connectivity index (χ1n) is 10.6. The predicted octanol–water partition coefficient (Wildman–Crippen LogP) is 0.364. The number of amides is 2. The molecule has 0 spiro atoms. The number of rotatable bonds is 13. The van der Waals surface area contributed by atoms with Crippen molar-refractivity contribution in [3.63, 3.8) is 0 Å². The van der Waals surface area contributed by atoms with Crippen LogP contribution in [-0.2, 0) is 40.0 Å². The highest BCUT2D eigenvalue weighted by atomic mass is 16.6. The van der Waals surface area contributed by atoms with E-state index in [-0.39, 0.29) is 19.8 Å². The number of carbonyl (C=O) groups excluding carboxylic acids is 4. The highest BCUT2D eigenvalue weighted by Crippen LogP contribution is 2.15. The molecule has 0 radical (unpaired) electrons. The summed E-state index contributed by atoms with van der Waals surface area (Å²) in [6, 6.07) is 5.16. The second-order valence-electron chi connectivity index (χ2n) is 7.12. The Morgan fingerprint density at radius 2 is 1.53 bits per heavy atom. The van der Waals surface area contributed by atoms with E-state index in [0.717, 1.165) is 0 Å². The molecule has 0 fully saturated rings. The molecule has 0 heterocycles. The molecule has 1 rings (SSSR count). The summed E-state index contributed by atoms with van der Waals surface area (Å²) in [6.45, 7) is 4.01. The quantitative estimate of drug-likeness (QED) is 0.227. The van der Waals surface area contributed by atoms with Crippen molar-refractivity contribution in [1.82, 2.24) is 10.6 Å². The van der Waals surface area contributed by atoms with Gasteiger partial charge in [0.2, 0.25) is 5.91 Å². The zero-order valence-corrected chi connectivity index (χ0v) is 19.2. The van der Waals surface area contributed by atoms with Crippen molar-refractivity contribution < 1.29 is 48.4 Å². The highest BCUT2D eigenvalue weighted by Gasteiger charge is 2.40. The summed E-state index contributed by atoms with van der Waals surface area (Å²) in [4.78, 5) is 60.9. The fourth-order valence-electron chi connectivity index (χ4n) is 2.86. The minimum absolute atomic E-state index is 0.00239. The molecule has 34 heavy (non-hydrogen) atoms.